The highest BCUT2D eigenvalue weighted by Crippen LogP contribution is 2.38. The molecule has 5 nitrogen and oxygen atoms in total. The van der Waals surface area contributed by atoms with Crippen molar-refractivity contribution in [2.24, 2.45) is 5.92 Å². The number of nitrogens with zero attached hydrogens (tertiary/aromatic N) is 3. The zero-order valence-electron chi connectivity index (χ0n) is 19.3. The van der Waals surface area contributed by atoms with Crippen molar-refractivity contribution in [1.29, 1.82) is 0 Å². The minimum absolute atomic E-state index is 0.428. The molecule has 6 heteroatoms. The van der Waals surface area contributed by atoms with E-state index in [1.165, 1.54) is 0 Å². The summed E-state index contributed by atoms with van der Waals surface area (Å²) in [5.41, 5.74) is 6.38. The van der Waals surface area contributed by atoms with Gasteiger partial charge in [-0.15, -0.1) is 0 Å². The van der Waals surface area contributed by atoms with Gasteiger partial charge in [-0.25, -0.2) is 4.39 Å². The fourth-order valence-electron chi connectivity index (χ4n) is 5.04. The summed E-state index contributed by atoms with van der Waals surface area (Å²) in [5, 5.41) is 4.10. The molecule has 0 aliphatic heterocycles. The van der Waals surface area contributed by atoms with Gasteiger partial charge < -0.3 is 9.09 Å². The molecule has 1 fully saturated rings. The van der Waals surface area contributed by atoms with Crippen LogP contribution >= 0.6 is 0 Å². The number of aldehydes is 1. The van der Waals surface area contributed by atoms with Crippen molar-refractivity contribution >= 4 is 17.3 Å². The summed E-state index contributed by atoms with van der Waals surface area (Å²) < 4.78 is 22.0. The number of rotatable bonds is 5. The third-order valence-electron chi connectivity index (χ3n) is 7.00. The van der Waals surface area contributed by atoms with E-state index in [-0.39, 0.29) is 0 Å². The van der Waals surface area contributed by atoms with Gasteiger partial charge in [0.1, 0.15) is 17.7 Å². The Kier molecular flexibility index (Phi) is 5.39. The maximum Gasteiger partial charge on any atom is 0.150 e. The minimum atomic E-state index is -1.04. The molecule has 3 aromatic heterocycles. The minimum Gasteiger partial charge on any atom is -0.361 e. The van der Waals surface area contributed by atoms with Crippen LogP contribution in [0, 0.1) is 19.8 Å². The van der Waals surface area contributed by atoms with Gasteiger partial charge in [0.15, 0.2) is 0 Å². The van der Waals surface area contributed by atoms with Crippen molar-refractivity contribution in [1.82, 2.24) is 14.7 Å². The van der Waals surface area contributed by atoms with E-state index in [0.717, 1.165) is 70.4 Å². The molecule has 1 aliphatic carbocycles. The average Bonchev–Trinajstić information content (AvgIpc) is 3.34. The molecule has 1 saturated carbocycles. The fourth-order valence-corrected chi connectivity index (χ4v) is 5.04. The number of carbonyl (C=O) groups is 1. The molecule has 4 aromatic rings. The van der Waals surface area contributed by atoms with Gasteiger partial charge in [-0.2, -0.15) is 0 Å². The number of alkyl halides is 1. The molecule has 1 aliphatic rings. The molecule has 0 amide bonds. The Labute approximate surface area is 192 Å². The molecule has 0 N–H and O–H groups in total. The van der Waals surface area contributed by atoms with E-state index in [4.69, 9.17) is 9.51 Å². The van der Waals surface area contributed by atoms with Gasteiger partial charge >= 0.3 is 0 Å². The van der Waals surface area contributed by atoms with Crippen LogP contribution in [-0.2, 0) is 6.54 Å². The lowest BCUT2D eigenvalue weighted by Gasteiger charge is -2.31. The monoisotopic (exact) mass is 445 g/mol. The van der Waals surface area contributed by atoms with Crippen LogP contribution < -0.4 is 0 Å². The first-order chi connectivity index (χ1) is 15.8. The lowest BCUT2D eigenvalue weighted by atomic mass is 9.81. The second-order valence-electron chi connectivity index (χ2n) is 9.58. The molecule has 0 radical (unpaired) electrons. The Bertz CT molecular complexity index is 1290. The van der Waals surface area contributed by atoms with E-state index in [2.05, 4.69) is 22.0 Å². The van der Waals surface area contributed by atoms with Crippen LogP contribution in [0.1, 0.15) is 54.4 Å². The third-order valence-corrected chi connectivity index (χ3v) is 7.00. The van der Waals surface area contributed by atoms with Gasteiger partial charge in [0.25, 0.3) is 0 Å². The molecule has 170 valence electrons. The molecule has 0 saturated heterocycles. The van der Waals surface area contributed by atoms with Crippen LogP contribution in [0.2, 0.25) is 0 Å². The van der Waals surface area contributed by atoms with E-state index < -0.39 is 5.67 Å². The lowest BCUT2D eigenvalue weighted by molar-refractivity contribution is 0.0984. The average molecular weight is 446 g/mol. The maximum atomic E-state index is 14.4. The zero-order valence-corrected chi connectivity index (χ0v) is 19.3. The third kappa shape index (κ3) is 4.10. The van der Waals surface area contributed by atoms with Gasteiger partial charge in [-0.05, 0) is 64.0 Å². The molecule has 0 atom stereocenters. The van der Waals surface area contributed by atoms with Crippen molar-refractivity contribution < 1.29 is 13.7 Å². The molecule has 1 aromatic carbocycles. The normalized spacial score (nSPS) is 20.9. The number of hydrogen-bond acceptors (Lipinski definition) is 4. The number of aryl methyl sites for hydroxylation is 2. The second-order valence-corrected chi connectivity index (χ2v) is 9.58. The molecule has 0 spiro atoms. The summed E-state index contributed by atoms with van der Waals surface area (Å²) in [6.07, 6.45) is 7.85. The van der Waals surface area contributed by atoms with Crippen LogP contribution in [-0.4, -0.2) is 26.7 Å². The van der Waals surface area contributed by atoms with Gasteiger partial charge in [0.05, 0.1) is 16.7 Å². The highest BCUT2D eigenvalue weighted by molar-refractivity contribution is 5.95. The Morgan fingerprint density at radius 1 is 1.18 bits per heavy atom. The number of halogens is 1. The summed E-state index contributed by atoms with van der Waals surface area (Å²) in [6.45, 7) is 6.39. The predicted molar refractivity (Wildman–Crippen MR) is 127 cm³/mol. The second kappa shape index (κ2) is 8.25. The van der Waals surface area contributed by atoms with E-state index in [9.17, 15) is 9.18 Å². The number of fused-ring (bicyclic) bond motifs is 1. The first-order valence-electron chi connectivity index (χ1n) is 11.5. The van der Waals surface area contributed by atoms with Crippen molar-refractivity contribution in [3.05, 3.63) is 59.7 Å². The quantitative estimate of drug-likeness (QED) is 0.321. The Balaban J connectivity index is 1.59. The smallest absolute Gasteiger partial charge is 0.150 e. The van der Waals surface area contributed by atoms with E-state index in [1.54, 1.807) is 6.92 Å². The van der Waals surface area contributed by atoms with Gasteiger partial charge in [0, 0.05) is 41.2 Å². The standard InChI is InChI=1S/C27H28FN3O2/c1-17-25(18(2)33-30-17)22-12-24-26(29-13-22)23(21-6-4-20(16-32)5-7-21)15-31(24)14-19-8-10-27(3,28)11-9-19/h4-7,12-13,15-16,19H,8-11,14H2,1-3H3. The first-order valence-corrected chi connectivity index (χ1v) is 11.5. The summed E-state index contributed by atoms with van der Waals surface area (Å²) in [4.78, 5) is 15.9. The van der Waals surface area contributed by atoms with Gasteiger partial charge in [-0.3, -0.25) is 9.78 Å². The Hall–Kier alpha value is -3.28. The summed E-state index contributed by atoms with van der Waals surface area (Å²) >= 11 is 0. The van der Waals surface area contributed by atoms with Crippen molar-refractivity contribution in [2.75, 3.05) is 0 Å². The lowest BCUT2D eigenvalue weighted by Crippen LogP contribution is -2.27. The van der Waals surface area contributed by atoms with Crippen LogP contribution in [0.5, 0.6) is 0 Å². The van der Waals surface area contributed by atoms with Crippen LogP contribution in [0.4, 0.5) is 4.39 Å². The molecule has 0 unspecified atom stereocenters. The summed E-state index contributed by atoms with van der Waals surface area (Å²) in [5.74, 6) is 1.20. The SMILES string of the molecule is Cc1noc(C)c1-c1cnc2c(-c3ccc(C=O)cc3)cn(CC3CCC(C)(F)CC3)c2c1. The highest BCUT2D eigenvalue weighted by atomic mass is 19.1. The summed E-state index contributed by atoms with van der Waals surface area (Å²) in [7, 11) is 0. The van der Waals surface area contributed by atoms with Crippen molar-refractivity contribution in [2.45, 2.75) is 58.7 Å². The number of carbonyl (C=O) groups excluding carboxylic acids is 1. The van der Waals surface area contributed by atoms with Crippen molar-refractivity contribution in [3.8, 4) is 22.3 Å². The van der Waals surface area contributed by atoms with Crippen molar-refractivity contribution in [3.63, 3.8) is 0 Å². The zero-order chi connectivity index (χ0) is 23.2. The highest BCUT2D eigenvalue weighted by Gasteiger charge is 2.31. The van der Waals surface area contributed by atoms with E-state index >= 15 is 0 Å². The molecule has 0 bridgehead atoms. The first kappa shape index (κ1) is 21.6. The number of pyridine rings is 1. The maximum absolute atomic E-state index is 14.4. The molecular formula is C27H28FN3O2. The van der Waals surface area contributed by atoms with E-state index in [1.807, 2.05) is 44.3 Å². The number of benzene rings is 1. The van der Waals surface area contributed by atoms with Gasteiger partial charge in [-0.1, -0.05) is 29.4 Å². The number of aromatic nitrogens is 3. The van der Waals surface area contributed by atoms with E-state index in [0.29, 0.717) is 24.3 Å². The van der Waals surface area contributed by atoms with Crippen LogP contribution in [0.15, 0.2) is 47.2 Å². The number of hydrogen-bond donors (Lipinski definition) is 0. The molecule has 3 heterocycles. The fraction of sp³-hybridized carbons (Fsp3) is 0.370. The predicted octanol–water partition coefficient (Wildman–Crippen LogP) is 6.71. The summed E-state index contributed by atoms with van der Waals surface area (Å²) in [6, 6.07) is 9.73. The van der Waals surface area contributed by atoms with Crippen LogP contribution in [0.25, 0.3) is 33.3 Å². The topological polar surface area (TPSA) is 60.9 Å². The Morgan fingerprint density at radius 3 is 2.55 bits per heavy atom. The van der Waals surface area contributed by atoms with Crippen LogP contribution in [0.3, 0.4) is 0 Å². The molecular weight excluding hydrogens is 417 g/mol. The van der Waals surface area contributed by atoms with Gasteiger partial charge in [0.2, 0.25) is 0 Å². The molecule has 33 heavy (non-hydrogen) atoms. The Morgan fingerprint density at radius 2 is 1.91 bits per heavy atom. The largest absolute Gasteiger partial charge is 0.361 e. The molecule has 5 rings (SSSR count).